The first-order chi connectivity index (χ1) is 10.9. The number of alkyl halides is 3. The van der Waals surface area contributed by atoms with Crippen LogP contribution in [0.1, 0.15) is 29.1 Å². The number of hydrogen-bond acceptors (Lipinski definition) is 6. The third kappa shape index (κ3) is 3.72. The summed E-state index contributed by atoms with van der Waals surface area (Å²) in [4.78, 5) is 6.80. The lowest BCUT2D eigenvalue weighted by molar-refractivity contribution is -0.138. The first-order valence-corrected chi connectivity index (χ1v) is 8.11. The second-order valence-corrected chi connectivity index (χ2v) is 6.37. The summed E-state index contributed by atoms with van der Waals surface area (Å²) < 4.78 is 37.6. The van der Waals surface area contributed by atoms with E-state index in [2.05, 4.69) is 25.4 Å². The quantitative estimate of drug-likeness (QED) is 0.921. The largest absolute Gasteiger partial charge is 0.445 e. The molecule has 1 aliphatic heterocycles. The fourth-order valence-corrected chi connectivity index (χ4v) is 3.10. The molecule has 3 heterocycles. The molecule has 0 amide bonds. The standard InChI is InChI=1S/C14H16F3N5S/c1-9-4-5-10(11(19-9)22-6-2-3-7-22)8-18-13-21-20-12(23-13)14(15,16)17/h4-5H,2-3,6-8H2,1H3,(H,18,21). The predicted octanol–water partition coefficient (Wildman–Crippen LogP) is 3.47. The number of aryl methyl sites for hydroxylation is 1. The third-order valence-electron chi connectivity index (χ3n) is 3.60. The molecule has 2 aromatic rings. The average molecular weight is 343 g/mol. The molecule has 1 aliphatic rings. The van der Waals surface area contributed by atoms with Crippen LogP contribution in [0.3, 0.4) is 0 Å². The van der Waals surface area contributed by atoms with Crippen molar-refractivity contribution in [3.8, 4) is 0 Å². The molecule has 1 fully saturated rings. The number of halogens is 3. The van der Waals surface area contributed by atoms with Crippen molar-refractivity contribution < 1.29 is 13.2 Å². The molecule has 9 heteroatoms. The van der Waals surface area contributed by atoms with Gasteiger partial charge in [-0.15, -0.1) is 10.2 Å². The third-order valence-corrected chi connectivity index (χ3v) is 4.52. The van der Waals surface area contributed by atoms with Gasteiger partial charge in [0, 0.05) is 30.9 Å². The van der Waals surface area contributed by atoms with Crippen LogP contribution in [-0.4, -0.2) is 28.3 Å². The molecule has 0 radical (unpaired) electrons. The lowest BCUT2D eigenvalue weighted by Crippen LogP contribution is -2.21. The van der Waals surface area contributed by atoms with E-state index in [1.807, 2.05) is 19.1 Å². The number of hydrogen-bond donors (Lipinski definition) is 1. The summed E-state index contributed by atoms with van der Waals surface area (Å²) in [6.07, 6.45) is -2.19. The van der Waals surface area contributed by atoms with Gasteiger partial charge in [0.15, 0.2) is 0 Å². The summed E-state index contributed by atoms with van der Waals surface area (Å²) in [7, 11) is 0. The van der Waals surface area contributed by atoms with E-state index in [4.69, 9.17) is 0 Å². The highest BCUT2D eigenvalue weighted by Crippen LogP contribution is 2.33. The van der Waals surface area contributed by atoms with E-state index in [1.54, 1.807) is 0 Å². The molecule has 23 heavy (non-hydrogen) atoms. The van der Waals surface area contributed by atoms with E-state index in [0.717, 1.165) is 43.0 Å². The van der Waals surface area contributed by atoms with Gasteiger partial charge >= 0.3 is 6.18 Å². The second-order valence-electron chi connectivity index (χ2n) is 5.39. The van der Waals surface area contributed by atoms with Crippen LogP contribution in [-0.2, 0) is 12.7 Å². The molecule has 1 saturated heterocycles. The highest BCUT2D eigenvalue weighted by molar-refractivity contribution is 7.15. The van der Waals surface area contributed by atoms with Crippen LogP contribution < -0.4 is 10.2 Å². The van der Waals surface area contributed by atoms with Crippen LogP contribution in [0, 0.1) is 6.92 Å². The highest BCUT2D eigenvalue weighted by atomic mass is 32.1. The van der Waals surface area contributed by atoms with Gasteiger partial charge in [0.2, 0.25) is 10.1 Å². The minimum Gasteiger partial charge on any atom is -0.356 e. The predicted molar refractivity (Wildman–Crippen MR) is 82.7 cm³/mol. The van der Waals surface area contributed by atoms with Gasteiger partial charge < -0.3 is 10.2 Å². The molecule has 1 N–H and O–H groups in total. The monoisotopic (exact) mass is 343 g/mol. The van der Waals surface area contributed by atoms with Crippen molar-refractivity contribution in [3.63, 3.8) is 0 Å². The first kappa shape index (κ1) is 16.0. The lowest BCUT2D eigenvalue weighted by atomic mass is 10.2. The molecule has 0 saturated carbocycles. The zero-order chi connectivity index (χ0) is 16.4. The normalized spacial score (nSPS) is 15.2. The van der Waals surface area contributed by atoms with E-state index >= 15 is 0 Å². The van der Waals surface area contributed by atoms with Crippen LogP contribution in [0.2, 0.25) is 0 Å². The van der Waals surface area contributed by atoms with Crippen molar-refractivity contribution in [2.75, 3.05) is 23.3 Å². The van der Waals surface area contributed by atoms with Crippen LogP contribution in [0.4, 0.5) is 24.1 Å². The van der Waals surface area contributed by atoms with E-state index in [1.165, 1.54) is 0 Å². The SMILES string of the molecule is Cc1ccc(CNc2nnc(C(F)(F)F)s2)c(N2CCCC2)n1. The van der Waals surface area contributed by atoms with E-state index in [-0.39, 0.29) is 5.13 Å². The Morgan fingerprint density at radius 3 is 2.61 bits per heavy atom. The van der Waals surface area contributed by atoms with Crippen LogP contribution in [0.5, 0.6) is 0 Å². The molecule has 0 atom stereocenters. The maximum absolute atomic E-state index is 12.5. The summed E-state index contributed by atoms with van der Waals surface area (Å²) >= 11 is 0.508. The molecule has 0 aliphatic carbocycles. The molecule has 0 bridgehead atoms. The van der Waals surface area contributed by atoms with Gasteiger partial charge in [-0.05, 0) is 25.8 Å². The summed E-state index contributed by atoms with van der Waals surface area (Å²) in [5.41, 5.74) is 1.87. The molecule has 3 rings (SSSR count). The van der Waals surface area contributed by atoms with Crippen LogP contribution >= 0.6 is 11.3 Å². The zero-order valence-corrected chi connectivity index (χ0v) is 13.3. The van der Waals surface area contributed by atoms with Crippen molar-refractivity contribution in [3.05, 3.63) is 28.4 Å². The maximum atomic E-state index is 12.5. The molecule has 0 spiro atoms. The van der Waals surface area contributed by atoms with Gasteiger partial charge in [-0.1, -0.05) is 17.4 Å². The minimum absolute atomic E-state index is 0.158. The van der Waals surface area contributed by atoms with Crippen LogP contribution in [0.25, 0.3) is 0 Å². The van der Waals surface area contributed by atoms with Gasteiger partial charge in [-0.3, -0.25) is 0 Å². The number of nitrogens with zero attached hydrogens (tertiary/aromatic N) is 4. The smallest absolute Gasteiger partial charge is 0.356 e. The Morgan fingerprint density at radius 2 is 1.96 bits per heavy atom. The minimum atomic E-state index is -4.45. The fraction of sp³-hybridized carbons (Fsp3) is 0.500. The molecular formula is C14H16F3N5S. The molecule has 2 aromatic heterocycles. The molecule has 0 unspecified atom stereocenters. The highest BCUT2D eigenvalue weighted by Gasteiger charge is 2.35. The van der Waals surface area contributed by atoms with Gasteiger partial charge in [-0.2, -0.15) is 13.2 Å². The Morgan fingerprint density at radius 1 is 1.22 bits per heavy atom. The van der Waals surface area contributed by atoms with Crippen LogP contribution in [0.15, 0.2) is 12.1 Å². The Balaban J connectivity index is 1.74. The zero-order valence-electron chi connectivity index (χ0n) is 12.5. The fourth-order valence-electron chi connectivity index (χ4n) is 2.49. The van der Waals surface area contributed by atoms with Gasteiger partial charge in [-0.25, -0.2) is 4.98 Å². The van der Waals surface area contributed by atoms with E-state index < -0.39 is 11.2 Å². The first-order valence-electron chi connectivity index (χ1n) is 7.29. The maximum Gasteiger partial charge on any atom is 0.445 e. The molecule has 124 valence electrons. The van der Waals surface area contributed by atoms with Gasteiger partial charge in [0.25, 0.3) is 0 Å². The van der Waals surface area contributed by atoms with Gasteiger partial charge in [0.05, 0.1) is 0 Å². The molecule has 5 nitrogen and oxygen atoms in total. The Bertz CT molecular complexity index is 679. The van der Waals surface area contributed by atoms with E-state index in [9.17, 15) is 13.2 Å². The van der Waals surface area contributed by atoms with Crippen molar-refractivity contribution in [2.45, 2.75) is 32.5 Å². The molecular weight excluding hydrogens is 327 g/mol. The number of nitrogens with one attached hydrogen (secondary N) is 1. The Labute approximate surface area is 135 Å². The lowest BCUT2D eigenvalue weighted by Gasteiger charge is -2.20. The summed E-state index contributed by atoms with van der Waals surface area (Å²) in [6.45, 7) is 4.21. The number of pyridine rings is 1. The topological polar surface area (TPSA) is 53.9 Å². The van der Waals surface area contributed by atoms with Crippen molar-refractivity contribution in [1.29, 1.82) is 0 Å². The number of rotatable bonds is 4. The Hall–Kier alpha value is -1.90. The summed E-state index contributed by atoms with van der Waals surface area (Å²) in [5, 5.41) is 8.84. The number of aromatic nitrogens is 3. The van der Waals surface area contributed by atoms with Gasteiger partial charge in [0.1, 0.15) is 5.82 Å². The average Bonchev–Trinajstić information content (AvgIpc) is 3.17. The summed E-state index contributed by atoms with van der Waals surface area (Å²) in [6, 6.07) is 3.85. The van der Waals surface area contributed by atoms with Crippen molar-refractivity contribution >= 4 is 22.3 Å². The van der Waals surface area contributed by atoms with E-state index in [0.29, 0.717) is 17.9 Å². The van der Waals surface area contributed by atoms with Crippen molar-refractivity contribution in [2.24, 2.45) is 0 Å². The molecule has 0 aromatic carbocycles. The second kappa shape index (κ2) is 6.31. The number of anilines is 2. The summed E-state index contributed by atoms with van der Waals surface area (Å²) in [5.74, 6) is 0.899. The Kier molecular flexibility index (Phi) is 4.38. The van der Waals surface area contributed by atoms with Crippen molar-refractivity contribution in [1.82, 2.24) is 15.2 Å².